The molecule has 32 heavy (non-hydrogen) atoms. The van der Waals surface area contributed by atoms with Crippen LogP contribution in [0.1, 0.15) is 29.2 Å². The van der Waals surface area contributed by atoms with E-state index in [1.807, 2.05) is 88.4 Å². The molecule has 5 heteroatoms. The van der Waals surface area contributed by atoms with Gasteiger partial charge in [-0.1, -0.05) is 36.4 Å². The van der Waals surface area contributed by atoms with Crippen molar-refractivity contribution in [3.05, 3.63) is 94.7 Å². The third kappa shape index (κ3) is 4.02. The van der Waals surface area contributed by atoms with Gasteiger partial charge < -0.3 is 10.1 Å². The summed E-state index contributed by atoms with van der Waals surface area (Å²) in [6, 6.07) is 20.6. The second kappa shape index (κ2) is 8.71. The van der Waals surface area contributed by atoms with Crippen LogP contribution in [-0.2, 0) is 9.59 Å². The Balaban J connectivity index is 1.82. The number of nitrogens with one attached hydrogen (secondary N) is 1. The van der Waals surface area contributed by atoms with Crippen LogP contribution in [0, 0.1) is 20.8 Å². The predicted molar refractivity (Wildman–Crippen MR) is 128 cm³/mol. The van der Waals surface area contributed by atoms with E-state index >= 15 is 0 Å². The first kappa shape index (κ1) is 21.4. The predicted octanol–water partition coefficient (Wildman–Crippen LogP) is 5.41. The Morgan fingerprint density at radius 3 is 2.34 bits per heavy atom. The van der Waals surface area contributed by atoms with Crippen molar-refractivity contribution in [2.45, 2.75) is 27.7 Å². The average molecular weight is 427 g/mol. The first-order chi connectivity index (χ1) is 15.4. The van der Waals surface area contributed by atoms with E-state index in [4.69, 9.17) is 4.74 Å². The first-order valence-corrected chi connectivity index (χ1v) is 10.7. The lowest BCUT2D eigenvalue weighted by molar-refractivity contribution is -0.120. The number of hydrogen-bond donors (Lipinski definition) is 1. The number of imide groups is 1. The number of ether oxygens (including phenoxy) is 1. The van der Waals surface area contributed by atoms with Crippen molar-refractivity contribution in [1.29, 1.82) is 0 Å². The van der Waals surface area contributed by atoms with E-state index in [0.29, 0.717) is 34.9 Å². The molecule has 0 unspecified atom stereocenters. The van der Waals surface area contributed by atoms with Gasteiger partial charge in [0.25, 0.3) is 11.8 Å². The second-order valence-corrected chi connectivity index (χ2v) is 7.92. The molecule has 3 aromatic carbocycles. The van der Waals surface area contributed by atoms with E-state index in [0.717, 1.165) is 16.7 Å². The van der Waals surface area contributed by atoms with Crippen molar-refractivity contribution in [2.24, 2.45) is 0 Å². The molecule has 1 aliphatic rings. The quantitative estimate of drug-likeness (QED) is 0.536. The lowest BCUT2D eigenvalue weighted by Crippen LogP contribution is -2.32. The Morgan fingerprint density at radius 1 is 0.844 bits per heavy atom. The van der Waals surface area contributed by atoms with Gasteiger partial charge in [0.05, 0.1) is 17.9 Å². The summed E-state index contributed by atoms with van der Waals surface area (Å²) in [5, 5.41) is 3.20. The summed E-state index contributed by atoms with van der Waals surface area (Å²) in [4.78, 5) is 28.4. The summed E-state index contributed by atoms with van der Waals surface area (Å²) in [5.41, 5.74) is 5.73. The minimum atomic E-state index is -0.379. The van der Waals surface area contributed by atoms with Crippen molar-refractivity contribution in [2.75, 3.05) is 16.8 Å². The molecule has 0 aliphatic carbocycles. The maximum atomic E-state index is 13.6. The molecule has 0 spiro atoms. The van der Waals surface area contributed by atoms with E-state index in [-0.39, 0.29) is 17.5 Å². The molecule has 0 saturated carbocycles. The van der Waals surface area contributed by atoms with Crippen molar-refractivity contribution < 1.29 is 14.3 Å². The van der Waals surface area contributed by atoms with E-state index in [1.54, 1.807) is 6.07 Å². The topological polar surface area (TPSA) is 58.6 Å². The number of amides is 2. The minimum Gasteiger partial charge on any atom is -0.494 e. The van der Waals surface area contributed by atoms with E-state index in [9.17, 15) is 9.59 Å². The molecular formula is C27H26N2O3. The molecule has 0 aromatic heterocycles. The number of carbonyl (C=O) groups excluding carboxylic acids is 2. The molecule has 162 valence electrons. The molecule has 0 saturated heterocycles. The molecule has 3 aromatic rings. The summed E-state index contributed by atoms with van der Waals surface area (Å²) in [5.74, 6) is -0.0268. The zero-order valence-corrected chi connectivity index (χ0v) is 18.7. The van der Waals surface area contributed by atoms with E-state index in [2.05, 4.69) is 5.32 Å². The van der Waals surface area contributed by atoms with E-state index in [1.165, 1.54) is 4.90 Å². The molecule has 5 nitrogen and oxygen atoms in total. The van der Waals surface area contributed by atoms with Gasteiger partial charge in [0.15, 0.2) is 0 Å². The van der Waals surface area contributed by atoms with Gasteiger partial charge in [0.2, 0.25) is 0 Å². The van der Waals surface area contributed by atoms with Crippen molar-refractivity contribution >= 4 is 28.8 Å². The summed E-state index contributed by atoms with van der Waals surface area (Å²) in [6.07, 6.45) is 0. The minimum absolute atomic E-state index is 0.258. The number of rotatable bonds is 6. The normalized spacial score (nSPS) is 13.7. The van der Waals surface area contributed by atoms with Crippen LogP contribution in [0.4, 0.5) is 11.4 Å². The fourth-order valence-corrected chi connectivity index (χ4v) is 3.79. The van der Waals surface area contributed by atoms with Gasteiger partial charge in [0.1, 0.15) is 11.4 Å². The third-order valence-corrected chi connectivity index (χ3v) is 5.55. The molecule has 4 rings (SSSR count). The Labute approximate surface area is 188 Å². The van der Waals surface area contributed by atoms with Gasteiger partial charge in [-0.05, 0) is 74.2 Å². The largest absolute Gasteiger partial charge is 0.494 e. The van der Waals surface area contributed by atoms with Crippen LogP contribution in [0.5, 0.6) is 5.75 Å². The van der Waals surface area contributed by atoms with Gasteiger partial charge in [-0.15, -0.1) is 0 Å². The summed E-state index contributed by atoms with van der Waals surface area (Å²) in [7, 11) is 0. The molecular weight excluding hydrogens is 400 g/mol. The number of carbonyl (C=O) groups is 2. The second-order valence-electron chi connectivity index (χ2n) is 7.92. The summed E-state index contributed by atoms with van der Waals surface area (Å²) >= 11 is 0. The zero-order valence-electron chi connectivity index (χ0n) is 18.7. The van der Waals surface area contributed by atoms with E-state index < -0.39 is 0 Å². The highest BCUT2D eigenvalue weighted by Crippen LogP contribution is 2.35. The standard InChI is InChI=1S/C27H26N2O3/c1-5-32-23-11-7-9-21(16-23)28-25-24(20-13-12-18(3)19(4)15-20)26(30)29(27(25)31)22-10-6-8-17(2)14-22/h6-16,28H,5H2,1-4H3. The zero-order chi connectivity index (χ0) is 22.8. The smallest absolute Gasteiger partial charge is 0.282 e. The molecule has 1 N–H and O–H groups in total. The Kier molecular flexibility index (Phi) is 5.82. The van der Waals surface area contributed by atoms with Crippen LogP contribution >= 0.6 is 0 Å². The number of hydrogen-bond acceptors (Lipinski definition) is 4. The SMILES string of the molecule is CCOc1cccc(NC2=C(c3ccc(C)c(C)c3)C(=O)N(c3cccc(C)c3)C2=O)c1. The molecule has 1 aliphatic heterocycles. The van der Waals surface area contributed by atoms with Crippen molar-refractivity contribution in [3.63, 3.8) is 0 Å². The summed E-state index contributed by atoms with van der Waals surface area (Å²) in [6.45, 7) is 8.41. The molecule has 0 atom stereocenters. The average Bonchev–Trinajstić information content (AvgIpc) is 3.00. The van der Waals surface area contributed by atoms with Crippen LogP contribution in [0.25, 0.3) is 5.57 Å². The first-order valence-electron chi connectivity index (χ1n) is 10.7. The fourth-order valence-electron chi connectivity index (χ4n) is 3.79. The number of benzene rings is 3. The monoisotopic (exact) mass is 426 g/mol. The molecule has 1 heterocycles. The van der Waals surface area contributed by atoms with Crippen molar-refractivity contribution in [1.82, 2.24) is 0 Å². The maximum Gasteiger partial charge on any atom is 0.282 e. The van der Waals surface area contributed by atoms with Crippen LogP contribution < -0.4 is 15.0 Å². The number of aryl methyl sites for hydroxylation is 3. The highest BCUT2D eigenvalue weighted by atomic mass is 16.5. The number of nitrogens with zero attached hydrogens (tertiary/aromatic N) is 1. The fraction of sp³-hybridized carbons (Fsp3) is 0.185. The molecule has 0 fully saturated rings. The van der Waals surface area contributed by atoms with Gasteiger partial charge in [-0.2, -0.15) is 0 Å². The van der Waals surface area contributed by atoms with Gasteiger partial charge in [-0.25, -0.2) is 4.90 Å². The highest BCUT2D eigenvalue weighted by Gasteiger charge is 2.40. The van der Waals surface area contributed by atoms with Crippen LogP contribution in [0.15, 0.2) is 72.4 Å². The Morgan fingerprint density at radius 2 is 1.62 bits per heavy atom. The van der Waals surface area contributed by atoms with Crippen LogP contribution in [0.3, 0.4) is 0 Å². The highest BCUT2D eigenvalue weighted by molar-refractivity contribution is 6.46. The Hall–Kier alpha value is -3.86. The molecule has 2 amide bonds. The van der Waals surface area contributed by atoms with Crippen molar-refractivity contribution in [3.8, 4) is 5.75 Å². The lowest BCUT2D eigenvalue weighted by Gasteiger charge is -2.16. The lowest BCUT2D eigenvalue weighted by atomic mass is 9.99. The maximum absolute atomic E-state index is 13.6. The number of anilines is 2. The Bertz CT molecular complexity index is 1240. The van der Waals surface area contributed by atoms with Gasteiger partial charge in [-0.3, -0.25) is 9.59 Å². The van der Waals surface area contributed by atoms with Gasteiger partial charge >= 0.3 is 0 Å². The summed E-state index contributed by atoms with van der Waals surface area (Å²) < 4.78 is 5.58. The molecule has 0 bridgehead atoms. The third-order valence-electron chi connectivity index (χ3n) is 5.55. The van der Waals surface area contributed by atoms with Crippen LogP contribution in [-0.4, -0.2) is 18.4 Å². The van der Waals surface area contributed by atoms with Gasteiger partial charge in [0, 0.05) is 11.8 Å². The molecule has 0 radical (unpaired) electrons. The van der Waals surface area contributed by atoms with Crippen LogP contribution in [0.2, 0.25) is 0 Å².